The van der Waals surface area contributed by atoms with Crippen LogP contribution in [0, 0.1) is 5.92 Å². The van der Waals surface area contributed by atoms with E-state index >= 15 is 0 Å². The van der Waals surface area contributed by atoms with Gasteiger partial charge in [0, 0.05) is 13.0 Å². The highest BCUT2D eigenvalue weighted by molar-refractivity contribution is 5.25. The van der Waals surface area contributed by atoms with E-state index in [9.17, 15) is 0 Å². The number of anilines is 1. The summed E-state index contributed by atoms with van der Waals surface area (Å²) in [6.45, 7) is 9.78. The van der Waals surface area contributed by atoms with Crippen molar-refractivity contribution in [1.29, 1.82) is 0 Å². The fourth-order valence-corrected chi connectivity index (χ4v) is 1.35. The lowest BCUT2D eigenvalue weighted by atomic mass is 10.1. The minimum atomic E-state index is 0.424. The molecule has 0 aliphatic carbocycles. The van der Waals surface area contributed by atoms with Gasteiger partial charge in [0.25, 0.3) is 0 Å². The number of ether oxygens (including phenoxy) is 1. The van der Waals surface area contributed by atoms with Crippen molar-refractivity contribution in [3.05, 3.63) is 5.82 Å². The van der Waals surface area contributed by atoms with Crippen LogP contribution in [0.15, 0.2) is 0 Å². The summed E-state index contributed by atoms with van der Waals surface area (Å²) in [5.74, 6) is 1.91. The molecule has 0 aliphatic rings. The van der Waals surface area contributed by atoms with Gasteiger partial charge in [-0.15, -0.1) is 0 Å². The molecule has 1 N–H and O–H groups in total. The number of hydrogen-bond donors (Lipinski definition) is 1. The van der Waals surface area contributed by atoms with Crippen LogP contribution in [0.4, 0.5) is 5.95 Å². The average Bonchev–Trinajstić information content (AvgIpc) is 2.25. The third kappa shape index (κ3) is 4.97. The van der Waals surface area contributed by atoms with Crippen molar-refractivity contribution >= 4 is 5.95 Å². The van der Waals surface area contributed by atoms with Crippen LogP contribution in [0.25, 0.3) is 0 Å². The van der Waals surface area contributed by atoms with Gasteiger partial charge in [-0.2, -0.15) is 15.0 Å². The van der Waals surface area contributed by atoms with Crippen molar-refractivity contribution in [3.63, 3.8) is 0 Å². The second kappa shape index (κ2) is 7.04. The van der Waals surface area contributed by atoms with Crippen LogP contribution in [0.5, 0.6) is 6.01 Å². The maximum Gasteiger partial charge on any atom is 0.321 e. The van der Waals surface area contributed by atoms with Gasteiger partial charge in [0.15, 0.2) is 0 Å². The maximum atomic E-state index is 5.46. The van der Waals surface area contributed by atoms with Gasteiger partial charge in [-0.3, -0.25) is 0 Å². The Labute approximate surface area is 103 Å². The fourth-order valence-electron chi connectivity index (χ4n) is 1.35. The number of aromatic nitrogens is 3. The van der Waals surface area contributed by atoms with Gasteiger partial charge in [0.1, 0.15) is 5.82 Å². The summed E-state index contributed by atoms with van der Waals surface area (Å²) in [4.78, 5) is 12.9. The first-order valence-electron chi connectivity index (χ1n) is 6.27. The first-order valence-corrected chi connectivity index (χ1v) is 6.27. The highest BCUT2D eigenvalue weighted by Gasteiger charge is 2.08. The monoisotopic (exact) mass is 238 g/mol. The SMILES string of the molecule is CCCOc1nc(CC(C)C)nc(NCC)n1. The summed E-state index contributed by atoms with van der Waals surface area (Å²) >= 11 is 0. The Morgan fingerprint density at radius 1 is 1.18 bits per heavy atom. The van der Waals surface area contributed by atoms with E-state index in [-0.39, 0.29) is 0 Å². The number of rotatable bonds is 7. The van der Waals surface area contributed by atoms with Crippen molar-refractivity contribution in [3.8, 4) is 6.01 Å². The van der Waals surface area contributed by atoms with Gasteiger partial charge in [0.05, 0.1) is 6.61 Å². The Hall–Kier alpha value is -1.39. The molecule has 1 heterocycles. The highest BCUT2D eigenvalue weighted by Crippen LogP contribution is 2.11. The molecular formula is C12H22N4O. The Morgan fingerprint density at radius 3 is 2.53 bits per heavy atom. The van der Waals surface area contributed by atoms with E-state index in [0.717, 1.165) is 25.2 Å². The molecule has 1 aromatic rings. The average molecular weight is 238 g/mol. The molecule has 0 aromatic carbocycles. The molecule has 1 aromatic heterocycles. The van der Waals surface area contributed by atoms with Crippen molar-refractivity contribution in [1.82, 2.24) is 15.0 Å². The Balaban J connectivity index is 2.84. The molecule has 0 spiro atoms. The van der Waals surface area contributed by atoms with Crippen LogP contribution in [0.3, 0.4) is 0 Å². The van der Waals surface area contributed by atoms with Crippen molar-refractivity contribution in [2.24, 2.45) is 5.92 Å². The molecule has 0 aliphatic heterocycles. The molecule has 0 amide bonds. The number of nitrogens with zero attached hydrogens (tertiary/aromatic N) is 3. The Bertz CT molecular complexity index is 341. The van der Waals surface area contributed by atoms with Gasteiger partial charge in [-0.05, 0) is 19.3 Å². The minimum absolute atomic E-state index is 0.424. The van der Waals surface area contributed by atoms with E-state index in [0.29, 0.717) is 24.5 Å². The lowest BCUT2D eigenvalue weighted by Gasteiger charge is -2.09. The summed E-state index contributed by atoms with van der Waals surface area (Å²) in [7, 11) is 0. The molecule has 0 atom stereocenters. The largest absolute Gasteiger partial charge is 0.463 e. The van der Waals surface area contributed by atoms with E-state index in [2.05, 4.69) is 41.0 Å². The predicted octanol–water partition coefficient (Wildman–Crippen LogP) is 2.29. The summed E-state index contributed by atoms with van der Waals surface area (Å²) in [6.07, 6.45) is 1.78. The summed E-state index contributed by atoms with van der Waals surface area (Å²) < 4.78 is 5.46. The third-order valence-electron chi connectivity index (χ3n) is 2.02. The summed E-state index contributed by atoms with van der Waals surface area (Å²) in [6, 6.07) is 0.424. The lowest BCUT2D eigenvalue weighted by Crippen LogP contribution is -2.11. The zero-order chi connectivity index (χ0) is 12.7. The van der Waals surface area contributed by atoms with Gasteiger partial charge in [-0.25, -0.2) is 0 Å². The van der Waals surface area contributed by atoms with Crippen LogP contribution in [-0.2, 0) is 6.42 Å². The molecular weight excluding hydrogens is 216 g/mol. The molecule has 5 nitrogen and oxygen atoms in total. The zero-order valence-corrected chi connectivity index (χ0v) is 11.2. The molecule has 1 rings (SSSR count). The van der Waals surface area contributed by atoms with Crippen LogP contribution >= 0.6 is 0 Å². The van der Waals surface area contributed by atoms with Crippen molar-refractivity contribution < 1.29 is 4.74 Å². The predicted molar refractivity (Wildman–Crippen MR) is 68.3 cm³/mol. The molecule has 5 heteroatoms. The Kier molecular flexibility index (Phi) is 5.66. The smallest absolute Gasteiger partial charge is 0.321 e. The summed E-state index contributed by atoms with van der Waals surface area (Å²) in [5, 5.41) is 3.10. The van der Waals surface area contributed by atoms with Crippen LogP contribution in [-0.4, -0.2) is 28.1 Å². The molecule has 0 saturated heterocycles. The Morgan fingerprint density at radius 2 is 1.94 bits per heavy atom. The van der Waals surface area contributed by atoms with Gasteiger partial charge >= 0.3 is 6.01 Å². The normalized spacial score (nSPS) is 10.6. The van der Waals surface area contributed by atoms with Crippen LogP contribution in [0.2, 0.25) is 0 Å². The lowest BCUT2D eigenvalue weighted by molar-refractivity contribution is 0.290. The topological polar surface area (TPSA) is 59.9 Å². The molecule has 0 unspecified atom stereocenters. The van der Waals surface area contributed by atoms with E-state index in [1.807, 2.05) is 6.92 Å². The first kappa shape index (κ1) is 13.7. The van der Waals surface area contributed by atoms with Gasteiger partial charge in [0.2, 0.25) is 5.95 Å². The zero-order valence-electron chi connectivity index (χ0n) is 11.2. The number of nitrogens with one attached hydrogen (secondary N) is 1. The molecule has 0 fully saturated rings. The van der Waals surface area contributed by atoms with E-state index in [1.54, 1.807) is 0 Å². The second-order valence-corrected chi connectivity index (χ2v) is 4.33. The van der Waals surface area contributed by atoms with Crippen LogP contribution < -0.4 is 10.1 Å². The highest BCUT2D eigenvalue weighted by atomic mass is 16.5. The van der Waals surface area contributed by atoms with E-state index in [4.69, 9.17) is 4.74 Å². The maximum absolute atomic E-state index is 5.46. The summed E-state index contributed by atoms with van der Waals surface area (Å²) in [5.41, 5.74) is 0. The van der Waals surface area contributed by atoms with E-state index in [1.165, 1.54) is 0 Å². The molecule has 0 bridgehead atoms. The molecule has 17 heavy (non-hydrogen) atoms. The minimum Gasteiger partial charge on any atom is -0.463 e. The van der Waals surface area contributed by atoms with Crippen LogP contribution in [0.1, 0.15) is 39.9 Å². The third-order valence-corrected chi connectivity index (χ3v) is 2.02. The number of hydrogen-bond acceptors (Lipinski definition) is 5. The fraction of sp³-hybridized carbons (Fsp3) is 0.750. The van der Waals surface area contributed by atoms with Gasteiger partial charge in [-0.1, -0.05) is 20.8 Å². The standard InChI is InChI=1S/C12H22N4O/c1-5-7-17-12-15-10(8-9(3)4)14-11(16-12)13-6-2/h9H,5-8H2,1-4H3,(H,13,14,15,16). The molecule has 0 saturated carbocycles. The van der Waals surface area contributed by atoms with Crippen molar-refractivity contribution in [2.75, 3.05) is 18.5 Å². The van der Waals surface area contributed by atoms with Crippen molar-refractivity contribution in [2.45, 2.75) is 40.5 Å². The quantitative estimate of drug-likeness (QED) is 0.789. The second-order valence-electron chi connectivity index (χ2n) is 4.33. The first-order chi connectivity index (χ1) is 8.15. The van der Waals surface area contributed by atoms with Gasteiger partial charge < -0.3 is 10.1 Å². The van der Waals surface area contributed by atoms with E-state index < -0.39 is 0 Å². The molecule has 0 radical (unpaired) electrons. The molecule has 96 valence electrons.